The Bertz CT molecular complexity index is 360. The van der Waals surface area contributed by atoms with Crippen molar-refractivity contribution in [3.8, 4) is 0 Å². The number of hydrogen-bond acceptors (Lipinski definition) is 3. The SMILES string of the molecule is CCNC(=O)CCn1cncc1CNCC(C)C. The molecule has 102 valence electrons. The minimum Gasteiger partial charge on any atom is -0.356 e. The van der Waals surface area contributed by atoms with Crippen LogP contribution in [-0.4, -0.2) is 28.5 Å². The van der Waals surface area contributed by atoms with Crippen LogP contribution in [0, 0.1) is 5.92 Å². The fourth-order valence-electron chi connectivity index (χ4n) is 1.69. The molecule has 0 aromatic carbocycles. The number of aromatic nitrogens is 2. The van der Waals surface area contributed by atoms with E-state index in [1.54, 1.807) is 6.33 Å². The van der Waals surface area contributed by atoms with Crippen molar-refractivity contribution in [2.24, 2.45) is 5.92 Å². The summed E-state index contributed by atoms with van der Waals surface area (Å²) in [4.78, 5) is 15.5. The van der Waals surface area contributed by atoms with Crippen molar-refractivity contribution in [2.75, 3.05) is 13.1 Å². The van der Waals surface area contributed by atoms with Gasteiger partial charge in [0.1, 0.15) is 0 Å². The quantitative estimate of drug-likeness (QED) is 0.730. The van der Waals surface area contributed by atoms with Crippen LogP contribution in [0.25, 0.3) is 0 Å². The summed E-state index contributed by atoms with van der Waals surface area (Å²) in [6, 6.07) is 0. The van der Waals surface area contributed by atoms with Gasteiger partial charge in [0.15, 0.2) is 0 Å². The van der Waals surface area contributed by atoms with Gasteiger partial charge in [0.05, 0.1) is 12.0 Å². The van der Waals surface area contributed by atoms with E-state index in [1.165, 1.54) is 0 Å². The molecule has 0 aliphatic rings. The van der Waals surface area contributed by atoms with Crippen LogP contribution in [0.1, 0.15) is 32.9 Å². The number of nitrogens with one attached hydrogen (secondary N) is 2. The van der Waals surface area contributed by atoms with Gasteiger partial charge in [-0.1, -0.05) is 13.8 Å². The van der Waals surface area contributed by atoms with Gasteiger partial charge in [-0.05, 0) is 19.4 Å². The highest BCUT2D eigenvalue weighted by atomic mass is 16.1. The van der Waals surface area contributed by atoms with Crippen LogP contribution in [0.2, 0.25) is 0 Å². The predicted octanol–water partition coefficient (Wildman–Crippen LogP) is 1.15. The highest BCUT2D eigenvalue weighted by molar-refractivity contribution is 5.75. The maximum Gasteiger partial charge on any atom is 0.221 e. The molecule has 0 atom stereocenters. The Kier molecular flexibility index (Phi) is 6.43. The van der Waals surface area contributed by atoms with Crippen molar-refractivity contribution in [1.82, 2.24) is 20.2 Å². The molecule has 1 aromatic heterocycles. The number of carbonyl (C=O) groups is 1. The number of amides is 1. The number of aryl methyl sites for hydroxylation is 1. The lowest BCUT2D eigenvalue weighted by molar-refractivity contribution is -0.121. The summed E-state index contributed by atoms with van der Waals surface area (Å²) in [6.07, 6.45) is 4.14. The van der Waals surface area contributed by atoms with Crippen LogP contribution < -0.4 is 10.6 Å². The monoisotopic (exact) mass is 252 g/mol. The van der Waals surface area contributed by atoms with Gasteiger partial charge in [0.25, 0.3) is 0 Å². The fraction of sp³-hybridized carbons (Fsp3) is 0.692. The lowest BCUT2D eigenvalue weighted by atomic mass is 10.2. The van der Waals surface area contributed by atoms with Crippen molar-refractivity contribution >= 4 is 5.91 Å². The van der Waals surface area contributed by atoms with Crippen LogP contribution in [0.3, 0.4) is 0 Å². The molecule has 1 aromatic rings. The Balaban J connectivity index is 2.37. The van der Waals surface area contributed by atoms with Gasteiger partial charge in [-0.3, -0.25) is 4.79 Å². The Morgan fingerprint density at radius 3 is 2.94 bits per heavy atom. The molecular formula is C13H24N4O. The van der Waals surface area contributed by atoms with E-state index in [4.69, 9.17) is 0 Å². The second-order valence-corrected chi connectivity index (χ2v) is 4.81. The van der Waals surface area contributed by atoms with Crippen LogP contribution in [0.5, 0.6) is 0 Å². The van der Waals surface area contributed by atoms with Crippen molar-refractivity contribution in [2.45, 2.75) is 40.3 Å². The summed E-state index contributed by atoms with van der Waals surface area (Å²) in [5.74, 6) is 0.726. The van der Waals surface area contributed by atoms with E-state index in [0.717, 1.165) is 18.8 Å². The summed E-state index contributed by atoms with van der Waals surface area (Å²) in [5, 5.41) is 6.18. The van der Waals surface area contributed by atoms with Gasteiger partial charge in [0.2, 0.25) is 5.91 Å². The highest BCUT2D eigenvalue weighted by Crippen LogP contribution is 2.01. The van der Waals surface area contributed by atoms with Gasteiger partial charge < -0.3 is 15.2 Å². The van der Waals surface area contributed by atoms with Gasteiger partial charge in [-0.2, -0.15) is 0 Å². The molecule has 5 nitrogen and oxygen atoms in total. The number of imidazole rings is 1. The summed E-state index contributed by atoms with van der Waals surface area (Å²) < 4.78 is 2.03. The molecule has 5 heteroatoms. The van der Waals surface area contributed by atoms with E-state index < -0.39 is 0 Å². The number of carbonyl (C=O) groups excluding carboxylic acids is 1. The maximum atomic E-state index is 11.4. The largest absolute Gasteiger partial charge is 0.356 e. The van der Waals surface area contributed by atoms with Crippen molar-refractivity contribution in [1.29, 1.82) is 0 Å². The molecule has 1 amide bonds. The van der Waals surface area contributed by atoms with Gasteiger partial charge in [-0.25, -0.2) is 4.98 Å². The number of nitrogens with zero attached hydrogens (tertiary/aromatic N) is 2. The van der Waals surface area contributed by atoms with E-state index in [2.05, 4.69) is 29.5 Å². The van der Waals surface area contributed by atoms with E-state index in [1.807, 2.05) is 17.7 Å². The van der Waals surface area contributed by atoms with E-state index in [0.29, 0.717) is 25.4 Å². The minimum atomic E-state index is 0.0901. The predicted molar refractivity (Wildman–Crippen MR) is 72.1 cm³/mol. The van der Waals surface area contributed by atoms with E-state index in [9.17, 15) is 4.79 Å². The number of rotatable bonds is 8. The smallest absolute Gasteiger partial charge is 0.221 e. The first-order valence-corrected chi connectivity index (χ1v) is 6.60. The summed E-state index contributed by atoms with van der Waals surface area (Å²) in [6.45, 7) is 9.44. The van der Waals surface area contributed by atoms with Gasteiger partial charge in [-0.15, -0.1) is 0 Å². The van der Waals surface area contributed by atoms with E-state index >= 15 is 0 Å². The first-order chi connectivity index (χ1) is 8.63. The second kappa shape index (κ2) is 7.87. The third-order valence-corrected chi connectivity index (χ3v) is 2.61. The third-order valence-electron chi connectivity index (χ3n) is 2.61. The molecule has 0 radical (unpaired) electrons. The zero-order valence-electron chi connectivity index (χ0n) is 11.6. The third kappa shape index (κ3) is 5.31. The Morgan fingerprint density at radius 1 is 1.50 bits per heavy atom. The molecular weight excluding hydrogens is 228 g/mol. The first kappa shape index (κ1) is 14.7. The molecule has 0 bridgehead atoms. The molecule has 18 heavy (non-hydrogen) atoms. The van der Waals surface area contributed by atoms with Crippen LogP contribution in [0.4, 0.5) is 0 Å². The molecule has 0 aliphatic carbocycles. The maximum absolute atomic E-state index is 11.4. The standard InChI is InChI=1S/C13H24N4O/c1-4-16-13(18)5-6-17-10-15-9-12(17)8-14-7-11(2)3/h9-11,14H,4-8H2,1-3H3,(H,16,18). The normalized spacial score (nSPS) is 10.9. The van der Waals surface area contributed by atoms with Crippen LogP contribution in [0.15, 0.2) is 12.5 Å². The Hall–Kier alpha value is -1.36. The second-order valence-electron chi connectivity index (χ2n) is 4.81. The lowest BCUT2D eigenvalue weighted by Gasteiger charge is -2.10. The molecule has 0 unspecified atom stereocenters. The molecule has 0 fully saturated rings. The summed E-state index contributed by atoms with van der Waals surface area (Å²) in [7, 11) is 0. The molecule has 2 N–H and O–H groups in total. The van der Waals surface area contributed by atoms with Crippen molar-refractivity contribution in [3.05, 3.63) is 18.2 Å². The Morgan fingerprint density at radius 2 is 2.28 bits per heavy atom. The van der Waals surface area contributed by atoms with Crippen molar-refractivity contribution < 1.29 is 4.79 Å². The zero-order chi connectivity index (χ0) is 13.4. The van der Waals surface area contributed by atoms with Crippen LogP contribution in [-0.2, 0) is 17.9 Å². The molecule has 1 rings (SSSR count). The fourth-order valence-corrected chi connectivity index (χ4v) is 1.69. The average molecular weight is 252 g/mol. The minimum absolute atomic E-state index is 0.0901. The highest BCUT2D eigenvalue weighted by Gasteiger charge is 2.05. The topological polar surface area (TPSA) is 59.0 Å². The zero-order valence-corrected chi connectivity index (χ0v) is 11.6. The Labute approximate surface area is 109 Å². The lowest BCUT2D eigenvalue weighted by Crippen LogP contribution is -2.25. The molecule has 0 spiro atoms. The first-order valence-electron chi connectivity index (χ1n) is 6.60. The molecule has 1 heterocycles. The van der Waals surface area contributed by atoms with Crippen molar-refractivity contribution in [3.63, 3.8) is 0 Å². The van der Waals surface area contributed by atoms with Gasteiger partial charge >= 0.3 is 0 Å². The summed E-state index contributed by atoms with van der Waals surface area (Å²) >= 11 is 0. The average Bonchev–Trinajstić information content (AvgIpc) is 2.74. The molecule has 0 saturated carbocycles. The molecule has 0 saturated heterocycles. The van der Waals surface area contributed by atoms with Gasteiger partial charge in [0, 0.05) is 32.3 Å². The van der Waals surface area contributed by atoms with E-state index in [-0.39, 0.29) is 5.91 Å². The number of hydrogen-bond donors (Lipinski definition) is 2. The molecule has 0 aliphatic heterocycles. The van der Waals surface area contributed by atoms with Crippen LogP contribution >= 0.6 is 0 Å². The summed E-state index contributed by atoms with van der Waals surface area (Å²) in [5.41, 5.74) is 1.12.